The van der Waals surface area contributed by atoms with E-state index >= 15 is 0 Å². The van der Waals surface area contributed by atoms with Crippen molar-refractivity contribution in [3.8, 4) is 11.5 Å². The van der Waals surface area contributed by atoms with Crippen molar-refractivity contribution >= 4 is 5.91 Å². The van der Waals surface area contributed by atoms with Gasteiger partial charge in [-0.2, -0.15) is 13.2 Å². The number of carbonyl (C=O) groups excluding carboxylic acids is 1. The van der Waals surface area contributed by atoms with Gasteiger partial charge in [0.2, 0.25) is 5.91 Å². The molecule has 0 saturated heterocycles. The normalized spacial score (nSPS) is 14.1. The van der Waals surface area contributed by atoms with E-state index in [2.05, 4.69) is 5.32 Å². The third-order valence-electron chi connectivity index (χ3n) is 3.05. The van der Waals surface area contributed by atoms with E-state index in [-0.39, 0.29) is 6.54 Å². The first-order chi connectivity index (χ1) is 10.1. The number of ether oxygens (including phenoxy) is 2. The second-order valence-electron chi connectivity index (χ2n) is 4.91. The van der Waals surface area contributed by atoms with Crippen molar-refractivity contribution in [2.75, 3.05) is 14.2 Å². The average Bonchev–Trinajstić information content (AvgIpc) is 2.43. The summed E-state index contributed by atoms with van der Waals surface area (Å²) in [6.07, 6.45) is -5.93. The minimum absolute atomic E-state index is 0.00707. The summed E-state index contributed by atoms with van der Waals surface area (Å²) in [6.45, 7) is 0.566. The summed E-state index contributed by atoms with van der Waals surface area (Å²) in [5, 5.41) is 11.6. The lowest BCUT2D eigenvalue weighted by molar-refractivity contribution is -0.253. The number of rotatable bonds is 6. The molecule has 0 heterocycles. The molecule has 1 aromatic carbocycles. The Balaban J connectivity index is 2.65. The zero-order valence-corrected chi connectivity index (χ0v) is 12.5. The largest absolute Gasteiger partial charge is 0.493 e. The van der Waals surface area contributed by atoms with Gasteiger partial charge in [0, 0.05) is 6.54 Å². The second kappa shape index (κ2) is 6.87. The number of benzene rings is 1. The number of hydrogen-bond donors (Lipinski definition) is 2. The van der Waals surface area contributed by atoms with Crippen LogP contribution in [0, 0.1) is 0 Å². The maximum absolute atomic E-state index is 12.5. The standard InChI is InChI=1S/C14H18F3NO4/c1-13(20,14(15,16)17)7-12(19)18-8-9-4-5-10(21-2)11(6-9)22-3/h4-6,20H,7-8H2,1-3H3,(H,18,19)/t13-/m0/s1. The number of carbonyl (C=O) groups is 1. The monoisotopic (exact) mass is 321 g/mol. The smallest absolute Gasteiger partial charge is 0.417 e. The van der Waals surface area contributed by atoms with Gasteiger partial charge in [0.25, 0.3) is 0 Å². The fourth-order valence-electron chi connectivity index (χ4n) is 1.67. The Morgan fingerprint density at radius 1 is 1.23 bits per heavy atom. The lowest BCUT2D eigenvalue weighted by atomic mass is 10.0. The van der Waals surface area contributed by atoms with E-state index in [1.54, 1.807) is 18.2 Å². The number of halogens is 3. The molecule has 1 atom stereocenters. The van der Waals surface area contributed by atoms with Gasteiger partial charge in [-0.1, -0.05) is 6.07 Å². The fourth-order valence-corrected chi connectivity index (χ4v) is 1.67. The van der Waals surface area contributed by atoms with Crippen molar-refractivity contribution in [2.45, 2.75) is 31.7 Å². The number of alkyl halides is 3. The third kappa shape index (κ3) is 4.52. The molecule has 124 valence electrons. The minimum Gasteiger partial charge on any atom is -0.493 e. The Labute approximate surface area is 126 Å². The molecule has 0 bridgehead atoms. The first-order valence-electron chi connectivity index (χ1n) is 6.37. The fraction of sp³-hybridized carbons (Fsp3) is 0.500. The highest BCUT2D eigenvalue weighted by atomic mass is 19.4. The number of hydrogen-bond acceptors (Lipinski definition) is 4. The lowest BCUT2D eigenvalue weighted by Gasteiger charge is -2.25. The molecule has 2 N–H and O–H groups in total. The van der Waals surface area contributed by atoms with Crippen molar-refractivity contribution in [3.05, 3.63) is 23.8 Å². The summed E-state index contributed by atoms with van der Waals surface area (Å²) in [6, 6.07) is 4.86. The van der Waals surface area contributed by atoms with Crippen LogP contribution >= 0.6 is 0 Å². The molecule has 0 aromatic heterocycles. The molecule has 1 aromatic rings. The molecule has 8 heteroatoms. The molecule has 1 rings (SSSR count). The molecule has 0 unspecified atom stereocenters. The minimum atomic E-state index is -4.87. The van der Waals surface area contributed by atoms with Gasteiger partial charge in [0.1, 0.15) is 0 Å². The second-order valence-corrected chi connectivity index (χ2v) is 4.91. The number of methoxy groups -OCH3 is 2. The van der Waals surface area contributed by atoms with Crippen LogP contribution in [0.3, 0.4) is 0 Å². The van der Waals surface area contributed by atoms with Crippen LogP contribution in [-0.2, 0) is 11.3 Å². The van der Waals surface area contributed by atoms with E-state index in [1.165, 1.54) is 14.2 Å². The molecule has 5 nitrogen and oxygen atoms in total. The summed E-state index contributed by atoms with van der Waals surface area (Å²) in [5.41, 5.74) is -2.44. The molecular formula is C14H18F3NO4. The lowest BCUT2D eigenvalue weighted by Crippen LogP contribution is -2.46. The van der Waals surface area contributed by atoms with Crippen LogP contribution < -0.4 is 14.8 Å². The summed E-state index contributed by atoms with van der Waals surface area (Å²) in [5.74, 6) is 0.0335. The SMILES string of the molecule is COc1ccc(CNC(=O)C[C@](C)(O)C(F)(F)F)cc1OC. The van der Waals surface area contributed by atoms with E-state index in [0.717, 1.165) is 0 Å². The molecule has 0 radical (unpaired) electrons. The molecule has 0 fully saturated rings. The Morgan fingerprint density at radius 2 is 1.82 bits per heavy atom. The molecular weight excluding hydrogens is 303 g/mol. The summed E-state index contributed by atoms with van der Waals surface area (Å²) >= 11 is 0. The summed E-state index contributed by atoms with van der Waals surface area (Å²) in [4.78, 5) is 11.5. The van der Waals surface area contributed by atoms with Crippen LogP contribution in [0.2, 0.25) is 0 Å². The molecule has 0 aliphatic heterocycles. The number of amides is 1. The highest BCUT2D eigenvalue weighted by Crippen LogP contribution is 2.32. The first kappa shape index (κ1) is 18.1. The van der Waals surface area contributed by atoms with Gasteiger partial charge in [-0.05, 0) is 24.6 Å². The van der Waals surface area contributed by atoms with Gasteiger partial charge < -0.3 is 19.9 Å². The molecule has 22 heavy (non-hydrogen) atoms. The molecule has 0 aliphatic carbocycles. The molecule has 0 aliphatic rings. The summed E-state index contributed by atoms with van der Waals surface area (Å²) in [7, 11) is 2.92. The van der Waals surface area contributed by atoms with Gasteiger partial charge >= 0.3 is 6.18 Å². The quantitative estimate of drug-likeness (QED) is 0.841. The average molecular weight is 321 g/mol. The highest BCUT2D eigenvalue weighted by Gasteiger charge is 2.50. The predicted molar refractivity (Wildman–Crippen MR) is 72.7 cm³/mol. The molecule has 0 spiro atoms. The van der Waals surface area contributed by atoms with Crippen molar-refractivity contribution < 1.29 is 32.5 Å². The van der Waals surface area contributed by atoms with Gasteiger partial charge in [-0.25, -0.2) is 0 Å². The highest BCUT2D eigenvalue weighted by molar-refractivity contribution is 5.77. The molecule has 1 amide bonds. The Kier molecular flexibility index (Phi) is 5.65. The van der Waals surface area contributed by atoms with E-state index in [0.29, 0.717) is 24.0 Å². The van der Waals surface area contributed by atoms with Crippen LogP contribution in [0.15, 0.2) is 18.2 Å². The van der Waals surface area contributed by atoms with Gasteiger partial charge in [-0.15, -0.1) is 0 Å². The zero-order chi connectivity index (χ0) is 17.0. The Morgan fingerprint density at radius 3 is 2.32 bits per heavy atom. The van der Waals surface area contributed by atoms with Crippen molar-refractivity contribution in [2.24, 2.45) is 0 Å². The molecule has 0 saturated carbocycles. The van der Waals surface area contributed by atoms with Crippen LogP contribution in [0.25, 0.3) is 0 Å². The maximum atomic E-state index is 12.5. The zero-order valence-electron chi connectivity index (χ0n) is 12.5. The van der Waals surface area contributed by atoms with Gasteiger partial charge in [0.15, 0.2) is 17.1 Å². The van der Waals surface area contributed by atoms with E-state index in [1.807, 2.05) is 0 Å². The Bertz CT molecular complexity index is 529. The maximum Gasteiger partial charge on any atom is 0.417 e. The van der Waals surface area contributed by atoms with Crippen LogP contribution in [0.5, 0.6) is 11.5 Å². The van der Waals surface area contributed by atoms with Crippen molar-refractivity contribution in [1.82, 2.24) is 5.32 Å². The van der Waals surface area contributed by atoms with Crippen LogP contribution in [-0.4, -0.2) is 37.0 Å². The van der Waals surface area contributed by atoms with E-state index < -0.39 is 24.1 Å². The van der Waals surface area contributed by atoms with E-state index in [4.69, 9.17) is 9.47 Å². The van der Waals surface area contributed by atoms with Crippen LogP contribution in [0.4, 0.5) is 13.2 Å². The number of aliphatic hydroxyl groups is 1. The first-order valence-corrected chi connectivity index (χ1v) is 6.37. The summed E-state index contributed by atoms with van der Waals surface area (Å²) < 4.78 is 47.6. The van der Waals surface area contributed by atoms with Gasteiger partial charge in [-0.3, -0.25) is 4.79 Å². The third-order valence-corrected chi connectivity index (χ3v) is 3.05. The van der Waals surface area contributed by atoms with Crippen LogP contribution in [0.1, 0.15) is 18.9 Å². The van der Waals surface area contributed by atoms with E-state index in [9.17, 15) is 23.1 Å². The Hall–Kier alpha value is -1.96. The van der Waals surface area contributed by atoms with Crippen molar-refractivity contribution in [1.29, 1.82) is 0 Å². The van der Waals surface area contributed by atoms with Gasteiger partial charge in [0.05, 0.1) is 20.6 Å². The number of nitrogens with one attached hydrogen (secondary N) is 1. The topological polar surface area (TPSA) is 67.8 Å². The predicted octanol–water partition coefficient (Wildman–Crippen LogP) is 2.02. The van der Waals surface area contributed by atoms with Crippen molar-refractivity contribution in [3.63, 3.8) is 0 Å².